The van der Waals surface area contributed by atoms with Crippen molar-refractivity contribution >= 4 is 27.5 Å². The van der Waals surface area contributed by atoms with E-state index in [1.807, 2.05) is 30.3 Å². The highest BCUT2D eigenvalue weighted by Gasteiger charge is 2.16. The fourth-order valence-electron chi connectivity index (χ4n) is 3.98. The Hall–Kier alpha value is -2.67. The maximum Gasteiger partial charge on any atom is 0.271 e. The summed E-state index contributed by atoms with van der Waals surface area (Å²) < 4.78 is 7.19. The molecular weight excluding hydrogens is 398 g/mol. The lowest BCUT2D eigenvalue weighted by Crippen LogP contribution is -2.39. The van der Waals surface area contributed by atoms with Crippen LogP contribution in [-0.4, -0.2) is 28.6 Å². The van der Waals surface area contributed by atoms with Crippen LogP contribution >= 0.6 is 11.3 Å². The van der Waals surface area contributed by atoms with Crippen molar-refractivity contribution in [1.29, 1.82) is 0 Å². The summed E-state index contributed by atoms with van der Waals surface area (Å²) in [6.45, 7) is 0.00798. The Balaban J connectivity index is 1.49. The van der Waals surface area contributed by atoms with Gasteiger partial charge in [-0.3, -0.25) is 14.2 Å². The molecule has 1 aromatic carbocycles. The summed E-state index contributed by atoms with van der Waals surface area (Å²) in [7, 11) is 1.63. The van der Waals surface area contributed by atoms with Crippen LogP contribution in [0.1, 0.15) is 44.9 Å². The molecule has 0 bridgehead atoms. The Kier molecular flexibility index (Phi) is 6.47. The minimum Gasteiger partial charge on any atom is -0.497 e. The number of fused-ring (bicyclic) bond motifs is 1. The van der Waals surface area contributed by atoms with Crippen LogP contribution < -0.4 is 15.6 Å². The number of amides is 1. The average Bonchev–Trinajstić information content (AvgIpc) is 3.17. The first-order valence-corrected chi connectivity index (χ1v) is 11.4. The highest BCUT2D eigenvalue weighted by atomic mass is 32.1. The van der Waals surface area contributed by atoms with Crippen molar-refractivity contribution in [3.8, 4) is 16.2 Å². The summed E-state index contributed by atoms with van der Waals surface area (Å²) in [5.74, 6) is 0.673. The zero-order valence-electron chi connectivity index (χ0n) is 17.2. The molecule has 1 aliphatic carbocycles. The maximum absolute atomic E-state index is 12.9. The van der Waals surface area contributed by atoms with Crippen molar-refractivity contribution < 1.29 is 9.53 Å². The third-order valence-corrected chi connectivity index (χ3v) is 6.82. The van der Waals surface area contributed by atoms with Gasteiger partial charge in [-0.1, -0.05) is 32.1 Å². The molecule has 0 spiro atoms. The predicted molar refractivity (Wildman–Crippen MR) is 120 cm³/mol. The number of hydrogen-bond donors (Lipinski definition) is 1. The number of aromatic nitrogens is 2. The van der Waals surface area contributed by atoms with E-state index in [0.717, 1.165) is 41.9 Å². The van der Waals surface area contributed by atoms with E-state index >= 15 is 0 Å². The van der Waals surface area contributed by atoms with Crippen LogP contribution in [0.15, 0.2) is 41.5 Å². The second kappa shape index (κ2) is 9.43. The number of rotatable bonds is 5. The molecule has 1 aliphatic rings. The van der Waals surface area contributed by atoms with Crippen LogP contribution in [0.3, 0.4) is 0 Å². The molecule has 30 heavy (non-hydrogen) atoms. The van der Waals surface area contributed by atoms with Gasteiger partial charge in [0.1, 0.15) is 17.0 Å². The van der Waals surface area contributed by atoms with Gasteiger partial charge >= 0.3 is 0 Å². The van der Waals surface area contributed by atoms with E-state index in [0.29, 0.717) is 10.2 Å². The van der Waals surface area contributed by atoms with Crippen molar-refractivity contribution in [1.82, 2.24) is 14.9 Å². The molecule has 1 amide bonds. The molecule has 158 valence electrons. The van der Waals surface area contributed by atoms with Gasteiger partial charge in [-0.2, -0.15) is 0 Å². The van der Waals surface area contributed by atoms with Crippen molar-refractivity contribution in [2.24, 2.45) is 0 Å². The van der Waals surface area contributed by atoms with Gasteiger partial charge in [0.05, 0.1) is 19.0 Å². The predicted octanol–water partition coefficient (Wildman–Crippen LogP) is 4.36. The smallest absolute Gasteiger partial charge is 0.271 e. The van der Waals surface area contributed by atoms with Gasteiger partial charge in [-0.25, -0.2) is 4.98 Å². The number of nitrogens with zero attached hydrogens (tertiary/aromatic N) is 2. The first kappa shape index (κ1) is 20.6. The molecule has 1 fully saturated rings. The minimum absolute atomic E-state index is 0.00798. The number of carbonyl (C=O) groups is 1. The van der Waals surface area contributed by atoms with E-state index < -0.39 is 0 Å². The number of nitrogens with one attached hydrogen (secondary N) is 1. The van der Waals surface area contributed by atoms with Crippen LogP contribution in [-0.2, 0) is 11.3 Å². The van der Waals surface area contributed by atoms with Crippen molar-refractivity contribution in [3.63, 3.8) is 0 Å². The first-order chi connectivity index (χ1) is 14.6. The van der Waals surface area contributed by atoms with Crippen LogP contribution in [0.5, 0.6) is 5.75 Å². The van der Waals surface area contributed by atoms with Gasteiger partial charge in [-0.05, 0) is 48.7 Å². The molecule has 2 aromatic heterocycles. The highest BCUT2D eigenvalue weighted by molar-refractivity contribution is 7.22. The topological polar surface area (TPSA) is 73.2 Å². The lowest BCUT2D eigenvalue weighted by atomic mass is 9.97. The quantitative estimate of drug-likeness (QED) is 0.659. The van der Waals surface area contributed by atoms with Gasteiger partial charge < -0.3 is 10.1 Å². The molecule has 0 unspecified atom stereocenters. The minimum atomic E-state index is -0.169. The molecule has 0 radical (unpaired) electrons. The normalized spacial score (nSPS) is 15.5. The molecule has 6 nitrogen and oxygen atoms in total. The Morgan fingerprint density at radius 3 is 2.57 bits per heavy atom. The number of hydrogen-bond acceptors (Lipinski definition) is 5. The van der Waals surface area contributed by atoms with E-state index in [2.05, 4.69) is 10.3 Å². The SMILES string of the molecule is COc1ccc(-c2cc3ncn(CC(=O)NC4CCCCCCC4)c(=O)c3s2)cc1. The van der Waals surface area contributed by atoms with E-state index in [-0.39, 0.29) is 24.1 Å². The number of thiophene rings is 1. The Morgan fingerprint density at radius 2 is 1.87 bits per heavy atom. The second-order valence-electron chi connectivity index (χ2n) is 7.84. The summed E-state index contributed by atoms with van der Waals surface area (Å²) in [6.07, 6.45) is 9.60. The van der Waals surface area contributed by atoms with Crippen LogP contribution in [0.4, 0.5) is 0 Å². The molecule has 1 saturated carbocycles. The molecule has 0 saturated heterocycles. The Bertz CT molecular complexity index is 1060. The summed E-state index contributed by atoms with van der Waals surface area (Å²) in [6, 6.07) is 9.85. The standard InChI is InChI=1S/C23H27N3O3S/c1-29-18-11-9-16(10-12-18)20-13-19-22(30-20)23(28)26(15-24-19)14-21(27)25-17-7-5-3-2-4-6-8-17/h9-13,15,17H,2-8,14H2,1H3,(H,25,27). The molecule has 1 N–H and O–H groups in total. The summed E-state index contributed by atoms with van der Waals surface area (Å²) in [5, 5.41) is 3.12. The van der Waals surface area contributed by atoms with Crippen LogP contribution in [0, 0.1) is 0 Å². The van der Waals surface area contributed by atoms with Gasteiger partial charge in [0.15, 0.2) is 0 Å². The highest BCUT2D eigenvalue weighted by Crippen LogP contribution is 2.31. The maximum atomic E-state index is 12.9. The monoisotopic (exact) mass is 425 g/mol. The molecular formula is C23H27N3O3S. The fourth-order valence-corrected chi connectivity index (χ4v) is 5.05. The summed E-state index contributed by atoms with van der Waals surface area (Å²) in [5.41, 5.74) is 1.50. The third kappa shape index (κ3) is 4.73. The lowest BCUT2D eigenvalue weighted by Gasteiger charge is -2.21. The zero-order chi connectivity index (χ0) is 20.9. The molecule has 0 aliphatic heterocycles. The van der Waals surface area contributed by atoms with Gasteiger partial charge in [0.2, 0.25) is 5.91 Å². The fraction of sp³-hybridized carbons (Fsp3) is 0.435. The summed E-state index contributed by atoms with van der Waals surface area (Å²) >= 11 is 1.40. The number of benzene rings is 1. The van der Waals surface area contributed by atoms with Crippen LogP contribution in [0.2, 0.25) is 0 Å². The van der Waals surface area contributed by atoms with Crippen LogP contribution in [0.25, 0.3) is 20.7 Å². The number of ether oxygens (including phenoxy) is 1. The number of carbonyl (C=O) groups excluding carboxylic acids is 1. The van der Waals surface area contributed by atoms with E-state index in [4.69, 9.17) is 4.74 Å². The number of methoxy groups -OCH3 is 1. The van der Waals surface area contributed by atoms with E-state index in [1.54, 1.807) is 7.11 Å². The zero-order valence-corrected chi connectivity index (χ0v) is 18.0. The van der Waals surface area contributed by atoms with Gasteiger partial charge in [0.25, 0.3) is 5.56 Å². The summed E-state index contributed by atoms with van der Waals surface area (Å²) in [4.78, 5) is 30.9. The Morgan fingerprint density at radius 1 is 1.17 bits per heavy atom. The molecule has 0 atom stereocenters. The Labute approximate surface area is 179 Å². The van der Waals surface area contributed by atoms with Gasteiger partial charge in [0, 0.05) is 10.9 Å². The third-order valence-electron chi connectivity index (χ3n) is 5.66. The molecule has 4 rings (SSSR count). The molecule has 3 aromatic rings. The van der Waals surface area contributed by atoms with Crippen molar-refractivity contribution in [3.05, 3.63) is 47.0 Å². The van der Waals surface area contributed by atoms with E-state index in [9.17, 15) is 9.59 Å². The van der Waals surface area contributed by atoms with Crippen molar-refractivity contribution in [2.75, 3.05) is 7.11 Å². The van der Waals surface area contributed by atoms with Crippen molar-refractivity contribution in [2.45, 2.75) is 57.5 Å². The second-order valence-corrected chi connectivity index (χ2v) is 8.89. The molecule has 7 heteroatoms. The molecule has 2 heterocycles. The van der Waals surface area contributed by atoms with E-state index in [1.165, 1.54) is 41.5 Å². The lowest BCUT2D eigenvalue weighted by molar-refractivity contribution is -0.122. The average molecular weight is 426 g/mol. The van der Waals surface area contributed by atoms with Gasteiger partial charge in [-0.15, -0.1) is 11.3 Å². The first-order valence-electron chi connectivity index (χ1n) is 10.6. The largest absolute Gasteiger partial charge is 0.497 e.